The first-order valence-corrected chi connectivity index (χ1v) is 9.35. The van der Waals surface area contributed by atoms with Crippen LogP contribution in [0.2, 0.25) is 0 Å². The Morgan fingerprint density at radius 2 is 1.96 bits per heavy atom. The summed E-state index contributed by atoms with van der Waals surface area (Å²) in [6, 6.07) is 13.6. The standard InChI is InChI=1S/C17H16BrN5OS/c1-11-3-6-14(7-4-11)23-17(20-21-22-23)25-10-16(24)19-13-5-8-15(18)12(2)9-13/h3-9H,10H2,1-2H3,(H,19,24). The fraction of sp³-hybridized carbons (Fsp3) is 0.176. The van der Waals surface area contributed by atoms with E-state index in [0.29, 0.717) is 5.16 Å². The third-order valence-corrected chi connectivity index (χ3v) is 5.30. The maximum absolute atomic E-state index is 12.2. The van der Waals surface area contributed by atoms with Crippen LogP contribution < -0.4 is 5.32 Å². The highest BCUT2D eigenvalue weighted by molar-refractivity contribution is 9.10. The van der Waals surface area contributed by atoms with Crippen molar-refractivity contribution in [3.8, 4) is 5.69 Å². The van der Waals surface area contributed by atoms with Crippen LogP contribution in [0, 0.1) is 13.8 Å². The molecule has 25 heavy (non-hydrogen) atoms. The van der Waals surface area contributed by atoms with E-state index in [2.05, 4.69) is 36.8 Å². The fourth-order valence-corrected chi connectivity index (χ4v) is 3.10. The normalized spacial score (nSPS) is 10.7. The molecule has 0 saturated carbocycles. The average Bonchev–Trinajstić information content (AvgIpc) is 3.06. The minimum atomic E-state index is -0.106. The Hall–Kier alpha value is -2.19. The Morgan fingerprint density at radius 1 is 1.20 bits per heavy atom. The van der Waals surface area contributed by atoms with Crippen molar-refractivity contribution < 1.29 is 4.79 Å². The van der Waals surface area contributed by atoms with Crippen molar-refractivity contribution in [3.63, 3.8) is 0 Å². The lowest BCUT2D eigenvalue weighted by atomic mass is 10.2. The summed E-state index contributed by atoms with van der Waals surface area (Å²) >= 11 is 4.74. The third kappa shape index (κ3) is 4.46. The van der Waals surface area contributed by atoms with Gasteiger partial charge in [-0.2, -0.15) is 4.68 Å². The maximum Gasteiger partial charge on any atom is 0.234 e. The van der Waals surface area contributed by atoms with Gasteiger partial charge in [-0.15, -0.1) is 5.10 Å². The molecular formula is C17H16BrN5OS. The molecule has 1 amide bonds. The van der Waals surface area contributed by atoms with Gasteiger partial charge in [-0.1, -0.05) is 45.4 Å². The zero-order chi connectivity index (χ0) is 17.8. The number of aryl methyl sites for hydroxylation is 2. The van der Waals surface area contributed by atoms with E-state index >= 15 is 0 Å². The summed E-state index contributed by atoms with van der Waals surface area (Å²) in [5, 5.41) is 15.2. The number of aromatic nitrogens is 4. The largest absolute Gasteiger partial charge is 0.325 e. The van der Waals surface area contributed by atoms with Crippen molar-refractivity contribution >= 4 is 39.3 Å². The molecular weight excluding hydrogens is 402 g/mol. The predicted octanol–water partition coefficient (Wildman–Crippen LogP) is 3.77. The van der Waals surface area contributed by atoms with E-state index in [4.69, 9.17) is 0 Å². The summed E-state index contributed by atoms with van der Waals surface area (Å²) < 4.78 is 2.64. The molecule has 0 spiro atoms. The van der Waals surface area contributed by atoms with Gasteiger partial charge in [0.15, 0.2) is 0 Å². The minimum absolute atomic E-state index is 0.106. The van der Waals surface area contributed by atoms with Gasteiger partial charge in [0.25, 0.3) is 0 Å². The zero-order valence-electron chi connectivity index (χ0n) is 13.7. The molecule has 8 heteroatoms. The van der Waals surface area contributed by atoms with Gasteiger partial charge in [-0.05, 0) is 60.2 Å². The molecule has 0 bridgehead atoms. The number of amides is 1. The summed E-state index contributed by atoms with van der Waals surface area (Å²) in [7, 11) is 0. The Bertz CT molecular complexity index is 894. The lowest BCUT2D eigenvalue weighted by molar-refractivity contribution is -0.113. The van der Waals surface area contributed by atoms with Gasteiger partial charge < -0.3 is 5.32 Å². The van der Waals surface area contributed by atoms with Crippen molar-refractivity contribution in [2.75, 3.05) is 11.1 Å². The highest BCUT2D eigenvalue weighted by Gasteiger charge is 2.12. The van der Waals surface area contributed by atoms with Gasteiger partial charge in [0.1, 0.15) is 0 Å². The number of nitrogens with one attached hydrogen (secondary N) is 1. The predicted molar refractivity (Wildman–Crippen MR) is 102 cm³/mol. The molecule has 1 aromatic heterocycles. The number of carbonyl (C=O) groups is 1. The molecule has 2 aromatic carbocycles. The van der Waals surface area contributed by atoms with Crippen LogP contribution in [0.5, 0.6) is 0 Å². The van der Waals surface area contributed by atoms with Gasteiger partial charge in [0.05, 0.1) is 11.4 Å². The van der Waals surface area contributed by atoms with Crippen LogP contribution in [0.3, 0.4) is 0 Å². The van der Waals surface area contributed by atoms with Gasteiger partial charge in [-0.3, -0.25) is 4.79 Å². The molecule has 0 atom stereocenters. The Balaban J connectivity index is 1.64. The van der Waals surface area contributed by atoms with E-state index in [-0.39, 0.29) is 11.7 Å². The fourth-order valence-electron chi connectivity index (χ4n) is 2.17. The summed E-state index contributed by atoms with van der Waals surface area (Å²) in [6.07, 6.45) is 0. The molecule has 6 nitrogen and oxygen atoms in total. The van der Waals surface area contributed by atoms with Gasteiger partial charge in [0, 0.05) is 10.2 Å². The third-order valence-electron chi connectivity index (χ3n) is 3.49. The van der Waals surface area contributed by atoms with E-state index in [1.807, 2.05) is 56.3 Å². The Labute approximate surface area is 158 Å². The van der Waals surface area contributed by atoms with E-state index in [1.54, 1.807) is 4.68 Å². The van der Waals surface area contributed by atoms with Crippen LogP contribution in [0.1, 0.15) is 11.1 Å². The second kappa shape index (κ2) is 7.79. The number of thioether (sulfide) groups is 1. The molecule has 0 saturated heterocycles. The average molecular weight is 418 g/mol. The van der Waals surface area contributed by atoms with E-state index in [9.17, 15) is 4.79 Å². The molecule has 0 aliphatic carbocycles. The Kier molecular flexibility index (Phi) is 5.50. The first kappa shape index (κ1) is 17.6. The quantitative estimate of drug-likeness (QED) is 0.639. The summed E-state index contributed by atoms with van der Waals surface area (Å²) in [4.78, 5) is 12.2. The van der Waals surface area contributed by atoms with Crippen LogP contribution in [0.25, 0.3) is 5.69 Å². The summed E-state index contributed by atoms with van der Waals surface area (Å²) in [5.74, 6) is 0.117. The van der Waals surface area contributed by atoms with Crippen LogP contribution in [0.4, 0.5) is 5.69 Å². The number of carbonyl (C=O) groups excluding carboxylic acids is 1. The molecule has 0 aliphatic rings. The number of rotatable bonds is 5. The molecule has 0 fully saturated rings. The number of hydrogen-bond donors (Lipinski definition) is 1. The van der Waals surface area contributed by atoms with E-state index < -0.39 is 0 Å². The van der Waals surface area contributed by atoms with Crippen LogP contribution >= 0.6 is 27.7 Å². The number of anilines is 1. The minimum Gasteiger partial charge on any atom is -0.325 e. The first-order chi connectivity index (χ1) is 12.0. The number of halogens is 1. The van der Waals surface area contributed by atoms with Crippen molar-refractivity contribution in [3.05, 3.63) is 58.1 Å². The highest BCUT2D eigenvalue weighted by Crippen LogP contribution is 2.21. The molecule has 0 aliphatic heterocycles. The van der Waals surface area contributed by atoms with Crippen molar-refractivity contribution in [1.29, 1.82) is 0 Å². The SMILES string of the molecule is Cc1ccc(-n2nnnc2SCC(=O)Nc2ccc(Br)c(C)c2)cc1. The topological polar surface area (TPSA) is 72.7 Å². The highest BCUT2D eigenvalue weighted by atomic mass is 79.9. The molecule has 1 N–H and O–H groups in total. The second-order valence-electron chi connectivity index (χ2n) is 5.51. The summed E-state index contributed by atoms with van der Waals surface area (Å²) in [6.45, 7) is 4.00. The van der Waals surface area contributed by atoms with E-state index in [1.165, 1.54) is 11.8 Å². The van der Waals surface area contributed by atoms with Crippen molar-refractivity contribution in [1.82, 2.24) is 20.2 Å². The second-order valence-corrected chi connectivity index (χ2v) is 7.31. The van der Waals surface area contributed by atoms with Crippen LogP contribution in [-0.2, 0) is 4.79 Å². The molecule has 128 valence electrons. The monoisotopic (exact) mass is 417 g/mol. The van der Waals surface area contributed by atoms with Gasteiger partial charge in [0.2, 0.25) is 11.1 Å². The Morgan fingerprint density at radius 3 is 2.68 bits per heavy atom. The van der Waals surface area contributed by atoms with Crippen LogP contribution in [-0.4, -0.2) is 31.9 Å². The number of benzene rings is 2. The van der Waals surface area contributed by atoms with Crippen molar-refractivity contribution in [2.24, 2.45) is 0 Å². The molecule has 3 rings (SSSR count). The zero-order valence-corrected chi connectivity index (χ0v) is 16.1. The van der Waals surface area contributed by atoms with Crippen molar-refractivity contribution in [2.45, 2.75) is 19.0 Å². The smallest absolute Gasteiger partial charge is 0.234 e. The number of hydrogen-bond acceptors (Lipinski definition) is 5. The van der Waals surface area contributed by atoms with E-state index in [0.717, 1.165) is 27.0 Å². The molecule has 3 aromatic rings. The number of nitrogens with zero attached hydrogens (tertiary/aromatic N) is 4. The first-order valence-electron chi connectivity index (χ1n) is 7.57. The molecule has 0 unspecified atom stereocenters. The van der Waals surface area contributed by atoms with Gasteiger partial charge >= 0.3 is 0 Å². The summed E-state index contributed by atoms with van der Waals surface area (Å²) in [5.41, 5.74) is 3.86. The van der Waals surface area contributed by atoms with Crippen LogP contribution in [0.15, 0.2) is 52.1 Å². The maximum atomic E-state index is 12.2. The molecule has 1 heterocycles. The number of tetrazole rings is 1. The lowest BCUT2D eigenvalue weighted by Crippen LogP contribution is -2.14. The molecule has 0 radical (unpaired) electrons. The lowest BCUT2D eigenvalue weighted by Gasteiger charge is -2.07. The van der Waals surface area contributed by atoms with Gasteiger partial charge in [-0.25, -0.2) is 0 Å².